The molecule has 0 N–H and O–H groups in total. The van der Waals surface area contributed by atoms with Crippen molar-refractivity contribution in [1.29, 1.82) is 0 Å². The number of benzene rings is 2. The van der Waals surface area contributed by atoms with Gasteiger partial charge in [0.25, 0.3) is 0 Å². The molecule has 0 radical (unpaired) electrons. The SMILES string of the molecule is COC(C)OCOc1ccc(C#Cc2ccc(OC(C)=O)cc2)cc1C12CC3CC(CC(C3)C1)C2. The lowest BCUT2D eigenvalue weighted by Gasteiger charge is -2.57. The van der Waals surface area contributed by atoms with Gasteiger partial charge in [-0.3, -0.25) is 4.79 Å². The van der Waals surface area contributed by atoms with Crippen LogP contribution in [0, 0.1) is 29.6 Å². The number of methoxy groups -OCH3 is 1. The van der Waals surface area contributed by atoms with Crippen molar-refractivity contribution in [1.82, 2.24) is 0 Å². The van der Waals surface area contributed by atoms with Crippen molar-refractivity contribution >= 4 is 5.97 Å². The fourth-order valence-electron chi connectivity index (χ4n) is 6.77. The first kappa shape index (κ1) is 23.9. The van der Waals surface area contributed by atoms with Gasteiger partial charge in [0, 0.05) is 30.7 Å². The predicted octanol–water partition coefficient (Wildman–Crippen LogP) is 5.82. The Morgan fingerprint density at radius 1 is 0.971 bits per heavy atom. The van der Waals surface area contributed by atoms with Crippen LogP contribution in [-0.4, -0.2) is 26.2 Å². The van der Waals surface area contributed by atoms with Gasteiger partial charge in [0.1, 0.15) is 11.5 Å². The number of hydrogen-bond donors (Lipinski definition) is 0. The number of carbonyl (C=O) groups is 1. The van der Waals surface area contributed by atoms with E-state index in [0.29, 0.717) is 5.75 Å². The van der Waals surface area contributed by atoms with Crippen LogP contribution in [0.5, 0.6) is 11.5 Å². The van der Waals surface area contributed by atoms with Crippen LogP contribution in [0.2, 0.25) is 0 Å². The molecule has 4 saturated carbocycles. The average Bonchev–Trinajstić information content (AvgIpc) is 2.83. The van der Waals surface area contributed by atoms with E-state index in [-0.39, 0.29) is 24.5 Å². The summed E-state index contributed by atoms with van der Waals surface area (Å²) in [7, 11) is 1.63. The molecule has 4 bridgehead atoms. The van der Waals surface area contributed by atoms with Gasteiger partial charge in [-0.15, -0.1) is 0 Å². The quantitative estimate of drug-likeness (QED) is 0.219. The number of esters is 1. The minimum Gasteiger partial charge on any atom is -0.467 e. The molecular formula is C30H34O5. The van der Waals surface area contributed by atoms with Gasteiger partial charge >= 0.3 is 5.97 Å². The molecule has 4 aliphatic rings. The van der Waals surface area contributed by atoms with Gasteiger partial charge in [0.05, 0.1) is 0 Å². The molecule has 184 valence electrons. The summed E-state index contributed by atoms with van der Waals surface area (Å²) in [4.78, 5) is 11.1. The van der Waals surface area contributed by atoms with Crippen LogP contribution < -0.4 is 9.47 Å². The van der Waals surface area contributed by atoms with Crippen LogP contribution in [-0.2, 0) is 19.7 Å². The Morgan fingerprint density at radius 3 is 2.17 bits per heavy atom. The minimum atomic E-state index is -0.328. The molecule has 6 rings (SSSR count). The molecular weight excluding hydrogens is 440 g/mol. The highest BCUT2D eigenvalue weighted by atomic mass is 16.7. The van der Waals surface area contributed by atoms with Gasteiger partial charge in [-0.1, -0.05) is 11.8 Å². The third kappa shape index (κ3) is 5.39. The van der Waals surface area contributed by atoms with Crippen molar-refractivity contribution in [2.75, 3.05) is 13.9 Å². The molecule has 5 heteroatoms. The fraction of sp³-hybridized carbons (Fsp3) is 0.500. The molecule has 0 heterocycles. The van der Waals surface area contributed by atoms with Crippen molar-refractivity contribution in [2.24, 2.45) is 17.8 Å². The van der Waals surface area contributed by atoms with Gasteiger partial charge < -0.3 is 18.9 Å². The predicted molar refractivity (Wildman–Crippen MR) is 133 cm³/mol. The molecule has 0 aromatic heterocycles. The van der Waals surface area contributed by atoms with E-state index in [1.54, 1.807) is 19.2 Å². The molecule has 4 aliphatic carbocycles. The standard InChI is InChI=1S/C30H34O5/c1-20(31)35-27-9-6-22(7-10-27)4-5-23-8-11-29(34-19-33-21(2)32-3)28(15-23)30-16-24-12-25(17-30)14-26(13-24)18-30/h6-11,15,21,24-26H,12-14,16-19H2,1-3H3. The van der Waals surface area contributed by atoms with Crippen molar-refractivity contribution in [3.63, 3.8) is 0 Å². The Balaban J connectivity index is 1.42. The van der Waals surface area contributed by atoms with Crippen molar-refractivity contribution in [3.8, 4) is 23.3 Å². The first-order valence-electron chi connectivity index (χ1n) is 12.6. The van der Waals surface area contributed by atoms with Crippen LogP contribution in [0.1, 0.15) is 69.1 Å². The van der Waals surface area contributed by atoms with Crippen molar-refractivity contribution in [2.45, 2.75) is 64.1 Å². The number of ether oxygens (including phenoxy) is 4. The zero-order valence-corrected chi connectivity index (χ0v) is 20.8. The minimum absolute atomic E-state index is 0.161. The van der Waals surface area contributed by atoms with Gasteiger partial charge in [-0.25, -0.2) is 0 Å². The molecule has 2 aromatic rings. The Morgan fingerprint density at radius 2 is 1.57 bits per heavy atom. The molecule has 0 spiro atoms. The molecule has 1 unspecified atom stereocenters. The molecule has 5 nitrogen and oxygen atoms in total. The molecule has 1 atom stereocenters. The van der Waals surface area contributed by atoms with Gasteiger partial charge in [-0.2, -0.15) is 0 Å². The summed E-state index contributed by atoms with van der Waals surface area (Å²) in [6.07, 6.45) is 7.62. The third-order valence-electron chi connectivity index (χ3n) is 7.91. The van der Waals surface area contributed by atoms with Crippen LogP contribution in [0.25, 0.3) is 0 Å². The Kier molecular flexibility index (Phi) is 6.86. The van der Waals surface area contributed by atoms with E-state index in [4.69, 9.17) is 18.9 Å². The topological polar surface area (TPSA) is 54.0 Å². The first-order valence-corrected chi connectivity index (χ1v) is 12.6. The third-order valence-corrected chi connectivity index (χ3v) is 7.91. The lowest BCUT2D eigenvalue weighted by atomic mass is 9.48. The van der Waals surface area contributed by atoms with Gasteiger partial charge in [0.15, 0.2) is 13.1 Å². The number of hydrogen-bond acceptors (Lipinski definition) is 5. The highest BCUT2D eigenvalue weighted by molar-refractivity contribution is 5.69. The van der Waals surface area contributed by atoms with E-state index in [1.807, 2.05) is 25.1 Å². The van der Waals surface area contributed by atoms with Gasteiger partial charge in [0.2, 0.25) is 0 Å². The summed E-state index contributed by atoms with van der Waals surface area (Å²) in [6.45, 7) is 3.42. The fourth-order valence-corrected chi connectivity index (χ4v) is 6.77. The summed E-state index contributed by atoms with van der Waals surface area (Å²) < 4.78 is 22.1. The summed E-state index contributed by atoms with van der Waals surface area (Å²) >= 11 is 0. The number of carbonyl (C=O) groups excluding carboxylic acids is 1. The smallest absolute Gasteiger partial charge is 0.308 e. The maximum absolute atomic E-state index is 11.1. The highest BCUT2D eigenvalue weighted by Crippen LogP contribution is 2.61. The maximum atomic E-state index is 11.1. The molecule has 2 aromatic carbocycles. The van der Waals surface area contributed by atoms with E-state index in [9.17, 15) is 4.79 Å². The van der Waals surface area contributed by atoms with E-state index in [0.717, 1.165) is 34.6 Å². The summed E-state index contributed by atoms with van der Waals surface area (Å²) in [6, 6.07) is 13.6. The second-order valence-electron chi connectivity index (χ2n) is 10.5. The van der Waals surface area contributed by atoms with Crippen LogP contribution in [0.3, 0.4) is 0 Å². The zero-order chi connectivity index (χ0) is 24.4. The number of rotatable bonds is 7. The molecule has 0 saturated heterocycles. The summed E-state index contributed by atoms with van der Waals surface area (Å²) in [5, 5.41) is 0. The maximum Gasteiger partial charge on any atom is 0.308 e. The second kappa shape index (κ2) is 10.0. The van der Waals surface area contributed by atoms with Crippen LogP contribution in [0.4, 0.5) is 0 Å². The Hall–Kier alpha value is -2.81. The molecule has 4 fully saturated rings. The van der Waals surface area contributed by atoms with Gasteiger partial charge in [-0.05, 0) is 111 Å². The van der Waals surface area contributed by atoms with E-state index in [2.05, 4.69) is 24.0 Å². The summed E-state index contributed by atoms with van der Waals surface area (Å²) in [5.41, 5.74) is 3.33. The van der Waals surface area contributed by atoms with Crippen LogP contribution >= 0.6 is 0 Å². The lowest BCUT2D eigenvalue weighted by molar-refractivity contribution is -0.150. The van der Waals surface area contributed by atoms with Crippen molar-refractivity contribution in [3.05, 3.63) is 59.2 Å². The normalized spacial score (nSPS) is 27.1. The monoisotopic (exact) mass is 474 g/mol. The van der Waals surface area contributed by atoms with E-state index >= 15 is 0 Å². The average molecular weight is 475 g/mol. The summed E-state index contributed by atoms with van der Waals surface area (Å²) in [5.74, 6) is 10.2. The Labute approximate surface area is 208 Å². The molecule has 35 heavy (non-hydrogen) atoms. The van der Waals surface area contributed by atoms with Crippen LogP contribution in [0.15, 0.2) is 42.5 Å². The Bertz CT molecular complexity index is 1090. The zero-order valence-electron chi connectivity index (χ0n) is 20.8. The molecule has 0 aliphatic heterocycles. The molecule has 0 amide bonds. The largest absolute Gasteiger partial charge is 0.467 e. The van der Waals surface area contributed by atoms with E-state index < -0.39 is 0 Å². The lowest BCUT2D eigenvalue weighted by Crippen LogP contribution is -2.48. The highest BCUT2D eigenvalue weighted by Gasteiger charge is 2.52. The first-order chi connectivity index (χ1) is 16.9. The van der Waals surface area contributed by atoms with E-state index in [1.165, 1.54) is 51.0 Å². The van der Waals surface area contributed by atoms with Crippen molar-refractivity contribution < 1.29 is 23.7 Å². The second-order valence-corrected chi connectivity index (χ2v) is 10.5.